The van der Waals surface area contributed by atoms with Crippen molar-refractivity contribution in [3.8, 4) is 0 Å². The minimum absolute atomic E-state index is 0.833. The van der Waals surface area contributed by atoms with E-state index in [-0.39, 0.29) is 0 Å². The Morgan fingerprint density at radius 2 is 1.23 bits per heavy atom. The predicted molar refractivity (Wildman–Crippen MR) is 61.8 cm³/mol. The molecule has 1 nitrogen and oxygen atoms in total. The SMILES string of the molecule is CC(C)C.CN.Cc1ccccc1. The Balaban J connectivity index is 0. The van der Waals surface area contributed by atoms with Gasteiger partial charge in [0, 0.05) is 0 Å². The van der Waals surface area contributed by atoms with E-state index in [2.05, 4.69) is 45.6 Å². The highest BCUT2D eigenvalue weighted by atomic mass is 14.4. The maximum absolute atomic E-state index is 4.50. The fourth-order valence-electron chi connectivity index (χ4n) is 0.534. The lowest BCUT2D eigenvalue weighted by Gasteiger charge is -1.82. The quantitative estimate of drug-likeness (QED) is 0.653. The van der Waals surface area contributed by atoms with Crippen LogP contribution in [0, 0.1) is 12.8 Å². The number of rotatable bonds is 0. The summed E-state index contributed by atoms with van der Waals surface area (Å²) in [5, 5.41) is 0. The van der Waals surface area contributed by atoms with E-state index in [0.717, 1.165) is 5.92 Å². The second-order valence-electron chi connectivity index (χ2n) is 3.39. The third-order valence-electron chi connectivity index (χ3n) is 0.940. The second-order valence-corrected chi connectivity index (χ2v) is 3.39. The van der Waals surface area contributed by atoms with Gasteiger partial charge in [-0.15, -0.1) is 0 Å². The van der Waals surface area contributed by atoms with Crippen LogP contribution in [0.5, 0.6) is 0 Å². The van der Waals surface area contributed by atoms with E-state index in [1.807, 2.05) is 18.2 Å². The lowest BCUT2D eigenvalue weighted by molar-refractivity contribution is 0.737. The summed E-state index contributed by atoms with van der Waals surface area (Å²) in [4.78, 5) is 0. The molecular weight excluding hydrogens is 158 g/mol. The van der Waals surface area contributed by atoms with Gasteiger partial charge in [-0.25, -0.2) is 0 Å². The van der Waals surface area contributed by atoms with Crippen molar-refractivity contribution in [1.82, 2.24) is 0 Å². The van der Waals surface area contributed by atoms with Crippen molar-refractivity contribution >= 4 is 0 Å². The molecular formula is C12H23N. The molecule has 0 unspecified atom stereocenters. The molecule has 0 heterocycles. The van der Waals surface area contributed by atoms with Crippen LogP contribution in [0.25, 0.3) is 0 Å². The summed E-state index contributed by atoms with van der Waals surface area (Å²) >= 11 is 0. The largest absolute Gasteiger partial charge is 0.333 e. The van der Waals surface area contributed by atoms with E-state index in [1.165, 1.54) is 12.6 Å². The second kappa shape index (κ2) is 11.2. The molecule has 0 fully saturated rings. The Morgan fingerprint density at radius 3 is 1.38 bits per heavy atom. The summed E-state index contributed by atoms with van der Waals surface area (Å²) in [6.07, 6.45) is 0. The molecule has 76 valence electrons. The predicted octanol–water partition coefficient (Wildman–Crippen LogP) is 3.23. The molecule has 1 rings (SSSR count). The van der Waals surface area contributed by atoms with Gasteiger partial charge >= 0.3 is 0 Å². The van der Waals surface area contributed by atoms with Crippen LogP contribution in [0.2, 0.25) is 0 Å². The molecule has 0 aliphatic carbocycles. The standard InChI is InChI=1S/C7H8.C4H10.CH5N/c1-7-5-3-2-4-6-7;1-4(2)3;1-2/h2-6H,1H3;4H,1-3H3;2H2,1H3. The number of nitrogens with two attached hydrogens (primary N) is 1. The molecule has 0 amide bonds. The first-order valence-electron chi connectivity index (χ1n) is 4.72. The smallest absolute Gasteiger partial charge is 0.0195 e. The van der Waals surface area contributed by atoms with Gasteiger partial charge in [0.1, 0.15) is 0 Å². The van der Waals surface area contributed by atoms with Crippen LogP contribution in [0.3, 0.4) is 0 Å². The van der Waals surface area contributed by atoms with Crippen LogP contribution in [0.1, 0.15) is 26.3 Å². The van der Waals surface area contributed by atoms with Crippen LogP contribution in [0.4, 0.5) is 0 Å². The molecule has 2 N–H and O–H groups in total. The molecule has 1 aromatic carbocycles. The fourth-order valence-corrected chi connectivity index (χ4v) is 0.534. The van der Waals surface area contributed by atoms with Gasteiger partial charge in [0.05, 0.1) is 0 Å². The van der Waals surface area contributed by atoms with Crippen molar-refractivity contribution in [2.75, 3.05) is 7.05 Å². The lowest BCUT2D eigenvalue weighted by atomic mass is 10.2. The zero-order valence-electron chi connectivity index (χ0n) is 9.54. The van der Waals surface area contributed by atoms with Crippen LogP contribution < -0.4 is 5.73 Å². The average Bonchev–Trinajstić information content (AvgIpc) is 2.08. The number of hydrogen-bond donors (Lipinski definition) is 1. The Labute approximate surface area is 83.0 Å². The zero-order chi connectivity index (χ0) is 10.7. The van der Waals surface area contributed by atoms with Gasteiger partial charge in [-0.2, -0.15) is 0 Å². The Morgan fingerprint density at radius 1 is 0.923 bits per heavy atom. The summed E-state index contributed by atoms with van der Waals surface area (Å²) in [7, 11) is 1.50. The number of aryl methyl sites for hydroxylation is 1. The van der Waals surface area contributed by atoms with Gasteiger partial charge in [-0.1, -0.05) is 56.7 Å². The van der Waals surface area contributed by atoms with E-state index >= 15 is 0 Å². The monoisotopic (exact) mass is 181 g/mol. The lowest BCUT2D eigenvalue weighted by Crippen LogP contribution is -1.69. The van der Waals surface area contributed by atoms with Gasteiger partial charge in [-0.3, -0.25) is 0 Å². The maximum atomic E-state index is 4.50. The van der Waals surface area contributed by atoms with Crippen molar-refractivity contribution in [3.63, 3.8) is 0 Å². The van der Waals surface area contributed by atoms with Crippen LogP contribution in [-0.2, 0) is 0 Å². The molecule has 0 atom stereocenters. The topological polar surface area (TPSA) is 26.0 Å². The van der Waals surface area contributed by atoms with Gasteiger partial charge in [-0.05, 0) is 19.9 Å². The highest BCUT2D eigenvalue weighted by Gasteiger charge is 1.72. The molecule has 13 heavy (non-hydrogen) atoms. The van der Waals surface area contributed by atoms with Gasteiger partial charge in [0.15, 0.2) is 0 Å². The molecule has 0 bridgehead atoms. The maximum Gasteiger partial charge on any atom is -0.0195 e. The zero-order valence-corrected chi connectivity index (χ0v) is 9.54. The fraction of sp³-hybridized carbons (Fsp3) is 0.500. The van der Waals surface area contributed by atoms with E-state index in [1.54, 1.807) is 0 Å². The third-order valence-corrected chi connectivity index (χ3v) is 0.940. The van der Waals surface area contributed by atoms with Crippen molar-refractivity contribution in [1.29, 1.82) is 0 Å². The molecule has 1 aromatic rings. The summed E-state index contributed by atoms with van der Waals surface area (Å²) < 4.78 is 0. The number of benzene rings is 1. The molecule has 0 spiro atoms. The van der Waals surface area contributed by atoms with Crippen molar-refractivity contribution < 1.29 is 0 Å². The summed E-state index contributed by atoms with van der Waals surface area (Å²) in [6, 6.07) is 10.3. The Bertz CT molecular complexity index is 165. The van der Waals surface area contributed by atoms with Crippen LogP contribution in [0.15, 0.2) is 30.3 Å². The molecule has 0 aliphatic rings. The summed E-state index contributed by atoms with van der Waals surface area (Å²) in [5.74, 6) is 0.833. The summed E-state index contributed by atoms with van der Waals surface area (Å²) in [5.41, 5.74) is 5.82. The number of hydrogen-bond acceptors (Lipinski definition) is 1. The van der Waals surface area contributed by atoms with E-state index < -0.39 is 0 Å². The molecule has 0 saturated carbocycles. The third kappa shape index (κ3) is 18.3. The Kier molecular flexibility index (Phi) is 12.6. The van der Waals surface area contributed by atoms with Gasteiger partial charge in [0.2, 0.25) is 0 Å². The normalized spacial score (nSPS) is 7.92. The van der Waals surface area contributed by atoms with Crippen molar-refractivity contribution in [2.24, 2.45) is 11.7 Å². The minimum Gasteiger partial charge on any atom is -0.333 e. The van der Waals surface area contributed by atoms with Crippen molar-refractivity contribution in [3.05, 3.63) is 35.9 Å². The van der Waals surface area contributed by atoms with Gasteiger partial charge in [0.25, 0.3) is 0 Å². The van der Waals surface area contributed by atoms with E-state index in [0.29, 0.717) is 0 Å². The average molecular weight is 181 g/mol. The van der Waals surface area contributed by atoms with E-state index in [4.69, 9.17) is 0 Å². The molecule has 0 radical (unpaired) electrons. The molecule has 0 aliphatic heterocycles. The summed E-state index contributed by atoms with van der Waals surface area (Å²) in [6.45, 7) is 8.58. The molecule has 1 heteroatoms. The molecule has 0 saturated heterocycles. The van der Waals surface area contributed by atoms with Crippen LogP contribution >= 0.6 is 0 Å². The van der Waals surface area contributed by atoms with Crippen molar-refractivity contribution in [2.45, 2.75) is 27.7 Å². The first-order valence-corrected chi connectivity index (χ1v) is 4.72. The Hall–Kier alpha value is -0.820. The van der Waals surface area contributed by atoms with Gasteiger partial charge < -0.3 is 5.73 Å². The highest BCUT2D eigenvalue weighted by Crippen LogP contribution is 1.92. The highest BCUT2D eigenvalue weighted by molar-refractivity contribution is 5.11. The molecule has 0 aromatic heterocycles. The first kappa shape index (κ1) is 14.7. The minimum atomic E-state index is 0.833. The van der Waals surface area contributed by atoms with Crippen LogP contribution in [-0.4, -0.2) is 7.05 Å². The van der Waals surface area contributed by atoms with E-state index in [9.17, 15) is 0 Å². The first-order chi connectivity index (χ1) is 6.13.